The first-order valence-corrected chi connectivity index (χ1v) is 8.78. The van der Waals surface area contributed by atoms with E-state index in [-0.39, 0.29) is 0 Å². The van der Waals surface area contributed by atoms with Crippen molar-refractivity contribution in [3.63, 3.8) is 0 Å². The molecular weight excluding hydrogens is 288 g/mol. The maximum Gasteiger partial charge on any atom is 0.258 e. The number of nitrogens with zero attached hydrogens (tertiary/aromatic N) is 2. The number of fused-ring (bicyclic) bond motifs is 1. The molecular formula is C18H24N4O. The Morgan fingerprint density at radius 2 is 1.91 bits per heavy atom. The van der Waals surface area contributed by atoms with Crippen molar-refractivity contribution in [1.82, 2.24) is 15.3 Å². The number of anilines is 1. The van der Waals surface area contributed by atoms with Gasteiger partial charge in [0.1, 0.15) is 0 Å². The number of benzene rings is 1. The first kappa shape index (κ1) is 14.7. The fraction of sp³-hybridized carbons (Fsp3) is 0.556. The van der Waals surface area contributed by atoms with Gasteiger partial charge in [-0.15, -0.1) is 0 Å². The highest BCUT2D eigenvalue weighted by molar-refractivity contribution is 5.77. The van der Waals surface area contributed by atoms with Crippen molar-refractivity contribution in [2.75, 3.05) is 18.5 Å². The Balaban J connectivity index is 1.47. The van der Waals surface area contributed by atoms with Crippen LogP contribution in [0.5, 0.6) is 5.88 Å². The van der Waals surface area contributed by atoms with Crippen LogP contribution in [-0.4, -0.2) is 35.2 Å². The first-order chi connectivity index (χ1) is 11.4. The molecule has 0 radical (unpaired) electrons. The molecule has 5 nitrogen and oxygen atoms in total. The van der Waals surface area contributed by atoms with E-state index in [1.807, 2.05) is 24.3 Å². The molecule has 23 heavy (non-hydrogen) atoms. The maximum absolute atomic E-state index is 6.00. The average Bonchev–Trinajstić information content (AvgIpc) is 3.40. The second-order valence-electron chi connectivity index (χ2n) is 6.57. The zero-order chi connectivity index (χ0) is 15.5. The SMILES string of the molecule is c1ccc2nc(OCC[C@@H]3CCCCN3)c(NC3CC3)nc2c1. The van der Waals surface area contributed by atoms with Gasteiger partial charge in [-0.25, -0.2) is 9.97 Å². The summed E-state index contributed by atoms with van der Waals surface area (Å²) in [5, 5.41) is 7.01. The van der Waals surface area contributed by atoms with Gasteiger partial charge < -0.3 is 15.4 Å². The number of aromatic nitrogens is 2. The predicted molar refractivity (Wildman–Crippen MR) is 91.9 cm³/mol. The van der Waals surface area contributed by atoms with Crippen LogP contribution in [0.15, 0.2) is 24.3 Å². The fourth-order valence-corrected chi connectivity index (χ4v) is 3.07. The summed E-state index contributed by atoms with van der Waals surface area (Å²) in [5.74, 6) is 1.44. The summed E-state index contributed by atoms with van der Waals surface area (Å²) in [4.78, 5) is 9.38. The van der Waals surface area contributed by atoms with Gasteiger partial charge in [-0.05, 0) is 50.8 Å². The van der Waals surface area contributed by atoms with Crippen LogP contribution in [0.1, 0.15) is 38.5 Å². The molecule has 0 amide bonds. The third-order valence-electron chi connectivity index (χ3n) is 4.57. The van der Waals surface area contributed by atoms with Gasteiger partial charge in [-0.2, -0.15) is 0 Å². The summed E-state index contributed by atoms with van der Waals surface area (Å²) in [6, 6.07) is 9.08. The Bertz CT molecular complexity index is 665. The highest BCUT2D eigenvalue weighted by Gasteiger charge is 2.24. The minimum absolute atomic E-state index is 0.535. The molecule has 1 atom stereocenters. The normalized spacial score (nSPS) is 21.3. The molecule has 2 aromatic rings. The standard InChI is InChI=1S/C18H24N4O/c1-2-7-16-15(6-1)21-17(20-14-8-9-14)18(22-16)23-12-10-13-5-3-4-11-19-13/h1-2,6-7,13-14,19H,3-5,8-12H2,(H,20,21)/t13-/m0/s1. The largest absolute Gasteiger partial charge is 0.475 e. The molecule has 5 heteroatoms. The van der Waals surface area contributed by atoms with Gasteiger partial charge in [0.15, 0.2) is 5.82 Å². The molecule has 0 unspecified atom stereocenters. The van der Waals surface area contributed by atoms with E-state index in [1.54, 1.807) is 0 Å². The van der Waals surface area contributed by atoms with E-state index in [0.29, 0.717) is 24.6 Å². The molecule has 1 aromatic carbocycles. The molecule has 1 saturated heterocycles. The summed E-state index contributed by atoms with van der Waals surface area (Å²) in [7, 11) is 0. The number of hydrogen-bond donors (Lipinski definition) is 2. The lowest BCUT2D eigenvalue weighted by atomic mass is 10.0. The molecule has 4 rings (SSSR count). The molecule has 122 valence electrons. The quantitative estimate of drug-likeness (QED) is 0.858. The number of hydrogen-bond acceptors (Lipinski definition) is 5. The molecule has 2 aliphatic rings. The van der Waals surface area contributed by atoms with Crippen molar-refractivity contribution >= 4 is 16.9 Å². The molecule has 1 aromatic heterocycles. The molecule has 2 heterocycles. The highest BCUT2D eigenvalue weighted by atomic mass is 16.5. The zero-order valence-corrected chi connectivity index (χ0v) is 13.4. The Morgan fingerprint density at radius 1 is 1.09 bits per heavy atom. The summed E-state index contributed by atoms with van der Waals surface area (Å²) in [6.45, 7) is 1.82. The molecule has 1 aliphatic carbocycles. The molecule has 0 bridgehead atoms. The summed E-state index contributed by atoms with van der Waals surface area (Å²) in [6.07, 6.45) is 7.31. The lowest BCUT2D eigenvalue weighted by molar-refractivity contribution is 0.261. The fourth-order valence-electron chi connectivity index (χ4n) is 3.07. The van der Waals surface area contributed by atoms with E-state index in [2.05, 4.69) is 15.6 Å². The zero-order valence-electron chi connectivity index (χ0n) is 13.4. The van der Waals surface area contributed by atoms with E-state index >= 15 is 0 Å². The number of ether oxygens (including phenoxy) is 1. The van der Waals surface area contributed by atoms with Gasteiger partial charge in [0.05, 0.1) is 17.6 Å². The van der Waals surface area contributed by atoms with Crippen LogP contribution in [0.2, 0.25) is 0 Å². The van der Waals surface area contributed by atoms with Crippen LogP contribution in [-0.2, 0) is 0 Å². The Labute approximate surface area is 136 Å². The third-order valence-corrected chi connectivity index (χ3v) is 4.57. The molecule has 1 aliphatic heterocycles. The monoisotopic (exact) mass is 312 g/mol. The summed E-state index contributed by atoms with van der Waals surface area (Å²) in [5.41, 5.74) is 1.80. The van der Waals surface area contributed by atoms with Crippen LogP contribution >= 0.6 is 0 Å². The van der Waals surface area contributed by atoms with Gasteiger partial charge in [0, 0.05) is 12.1 Å². The van der Waals surface area contributed by atoms with Crippen molar-refractivity contribution in [1.29, 1.82) is 0 Å². The summed E-state index contributed by atoms with van der Waals surface area (Å²) >= 11 is 0. The van der Waals surface area contributed by atoms with Crippen molar-refractivity contribution in [2.24, 2.45) is 0 Å². The Hall–Kier alpha value is -1.88. The van der Waals surface area contributed by atoms with Crippen LogP contribution in [0, 0.1) is 0 Å². The predicted octanol–water partition coefficient (Wildman–Crippen LogP) is 3.12. The molecule has 1 saturated carbocycles. The van der Waals surface area contributed by atoms with E-state index in [4.69, 9.17) is 9.72 Å². The lowest BCUT2D eigenvalue weighted by Crippen LogP contribution is -2.35. The molecule has 2 fully saturated rings. The highest BCUT2D eigenvalue weighted by Crippen LogP contribution is 2.30. The Morgan fingerprint density at radius 3 is 2.65 bits per heavy atom. The average molecular weight is 312 g/mol. The number of rotatable bonds is 6. The van der Waals surface area contributed by atoms with Crippen LogP contribution in [0.25, 0.3) is 11.0 Å². The summed E-state index contributed by atoms with van der Waals surface area (Å²) < 4.78 is 6.00. The van der Waals surface area contributed by atoms with Crippen molar-refractivity contribution in [3.05, 3.63) is 24.3 Å². The number of piperidine rings is 1. The van der Waals surface area contributed by atoms with Gasteiger partial charge in [0.2, 0.25) is 0 Å². The number of nitrogens with one attached hydrogen (secondary N) is 2. The second kappa shape index (κ2) is 6.71. The third kappa shape index (κ3) is 3.72. The van der Waals surface area contributed by atoms with Crippen molar-refractivity contribution < 1.29 is 4.74 Å². The van der Waals surface area contributed by atoms with Crippen LogP contribution in [0.4, 0.5) is 5.82 Å². The lowest BCUT2D eigenvalue weighted by Gasteiger charge is -2.23. The van der Waals surface area contributed by atoms with E-state index in [1.165, 1.54) is 32.1 Å². The first-order valence-electron chi connectivity index (χ1n) is 8.78. The van der Waals surface area contributed by atoms with Gasteiger partial charge >= 0.3 is 0 Å². The van der Waals surface area contributed by atoms with Gasteiger partial charge in [-0.3, -0.25) is 0 Å². The second-order valence-corrected chi connectivity index (χ2v) is 6.57. The van der Waals surface area contributed by atoms with Crippen LogP contribution < -0.4 is 15.4 Å². The van der Waals surface area contributed by atoms with Crippen molar-refractivity contribution in [3.8, 4) is 5.88 Å². The molecule has 2 N–H and O–H groups in total. The minimum atomic E-state index is 0.535. The minimum Gasteiger partial charge on any atom is -0.475 e. The topological polar surface area (TPSA) is 59.1 Å². The van der Waals surface area contributed by atoms with E-state index < -0.39 is 0 Å². The van der Waals surface area contributed by atoms with E-state index in [0.717, 1.165) is 29.8 Å². The molecule has 0 spiro atoms. The smallest absolute Gasteiger partial charge is 0.258 e. The van der Waals surface area contributed by atoms with Crippen LogP contribution in [0.3, 0.4) is 0 Å². The maximum atomic E-state index is 6.00. The Kier molecular flexibility index (Phi) is 4.28. The number of para-hydroxylation sites is 2. The van der Waals surface area contributed by atoms with Crippen molar-refractivity contribution in [2.45, 2.75) is 50.6 Å². The van der Waals surface area contributed by atoms with Gasteiger partial charge in [0.25, 0.3) is 5.88 Å². The van der Waals surface area contributed by atoms with E-state index in [9.17, 15) is 0 Å². The van der Waals surface area contributed by atoms with Gasteiger partial charge in [-0.1, -0.05) is 18.6 Å².